The fourth-order valence-electron chi connectivity index (χ4n) is 0.976. The highest BCUT2D eigenvalue weighted by Gasteiger charge is 2.05. The molecule has 0 aliphatic rings. The average molecular weight is 202 g/mol. The second kappa shape index (κ2) is 7.45. The molecule has 0 heterocycles. The summed E-state index contributed by atoms with van der Waals surface area (Å²) in [5, 5.41) is 9.58. The van der Waals surface area contributed by atoms with Crippen LogP contribution < -0.4 is 0 Å². The van der Waals surface area contributed by atoms with E-state index in [0.29, 0.717) is 5.92 Å². The van der Waals surface area contributed by atoms with Crippen LogP contribution in [-0.2, 0) is 0 Å². The molecular formula is C11H22OS. The number of aliphatic hydroxyl groups excluding tert-OH is 1. The predicted molar refractivity (Wildman–Crippen MR) is 62.2 cm³/mol. The van der Waals surface area contributed by atoms with Gasteiger partial charge in [0.05, 0.1) is 6.10 Å². The Kier molecular flexibility index (Phi) is 7.48. The first-order valence-corrected chi connectivity index (χ1v) is 6.14. The zero-order chi connectivity index (χ0) is 10.3. The third kappa shape index (κ3) is 8.38. The molecule has 0 rings (SSSR count). The topological polar surface area (TPSA) is 20.2 Å². The van der Waals surface area contributed by atoms with E-state index in [2.05, 4.69) is 27.4 Å². The molecule has 0 aromatic rings. The maximum Gasteiger partial charge on any atom is 0.0667 e. The Bertz CT molecular complexity index is 143. The number of hydrogen-bond donors (Lipinski definition) is 1. The molecule has 78 valence electrons. The summed E-state index contributed by atoms with van der Waals surface area (Å²) in [5.41, 5.74) is 1.15. The van der Waals surface area contributed by atoms with E-state index in [1.54, 1.807) is 0 Å². The Morgan fingerprint density at radius 2 is 2.00 bits per heavy atom. The van der Waals surface area contributed by atoms with E-state index in [9.17, 15) is 5.11 Å². The number of thioether (sulfide) groups is 1. The molecule has 0 saturated heterocycles. The lowest BCUT2D eigenvalue weighted by molar-refractivity contribution is 0.199. The molecule has 0 aliphatic carbocycles. The first-order valence-electron chi connectivity index (χ1n) is 4.98. The Morgan fingerprint density at radius 1 is 1.38 bits per heavy atom. The molecule has 0 aromatic carbocycles. The van der Waals surface area contributed by atoms with Crippen molar-refractivity contribution in [3.8, 4) is 0 Å². The first-order chi connectivity index (χ1) is 6.06. The number of rotatable bonds is 7. The van der Waals surface area contributed by atoms with E-state index in [0.717, 1.165) is 29.9 Å². The van der Waals surface area contributed by atoms with E-state index in [1.165, 1.54) is 0 Å². The standard InChI is InChI=1S/C11H22OS/c1-5-10(4)6-11(12)8-13-7-9(2)3/h9,11-12H,4-8H2,1-3H3. The second-order valence-electron chi connectivity index (χ2n) is 3.89. The van der Waals surface area contributed by atoms with Crippen molar-refractivity contribution < 1.29 is 5.11 Å². The van der Waals surface area contributed by atoms with Gasteiger partial charge in [0, 0.05) is 5.75 Å². The van der Waals surface area contributed by atoms with Gasteiger partial charge in [0.1, 0.15) is 0 Å². The van der Waals surface area contributed by atoms with Gasteiger partial charge in [-0.3, -0.25) is 0 Å². The van der Waals surface area contributed by atoms with Gasteiger partial charge in [0.15, 0.2) is 0 Å². The maximum atomic E-state index is 9.58. The smallest absolute Gasteiger partial charge is 0.0667 e. The van der Waals surface area contributed by atoms with E-state index in [1.807, 2.05) is 11.8 Å². The highest BCUT2D eigenvalue weighted by Crippen LogP contribution is 2.14. The van der Waals surface area contributed by atoms with Crippen molar-refractivity contribution in [2.24, 2.45) is 5.92 Å². The second-order valence-corrected chi connectivity index (χ2v) is 4.97. The molecule has 13 heavy (non-hydrogen) atoms. The van der Waals surface area contributed by atoms with Crippen molar-refractivity contribution in [3.05, 3.63) is 12.2 Å². The normalized spacial score (nSPS) is 13.3. The van der Waals surface area contributed by atoms with Crippen LogP contribution in [0.2, 0.25) is 0 Å². The molecule has 1 N–H and O–H groups in total. The van der Waals surface area contributed by atoms with Crippen LogP contribution in [0, 0.1) is 5.92 Å². The van der Waals surface area contributed by atoms with Crippen LogP contribution in [-0.4, -0.2) is 22.7 Å². The van der Waals surface area contributed by atoms with Gasteiger partial charge in [-0.1, -0.05) is 32.9 Å². The lowest BCUT2D eigenvalue weighted by atomic mass is 10.1. The van der Waals surface area contributed by atoms with Crippen molar-refractivity contribution in [2.45, 2.75) is 39.7 Å². The molecule has 0 aliphatic heterocycles. The minimum atomic E-state index is -0.198. The molecule has 0 radical (unpaired) electrons. The van der Waals surface area contributed by atoms with Crippen LogP contribution in [0.5, 0.6) is 0 Å². The summed E-state index contributed by atoms with van der Waals surface area (Å²) in [6.45, 7) is 10.4. The fourth-order valence-corrected chi connectivity index (χ4v) is 1.97. The summed E-state index contributed by atoms with van der Waals surface area (Å²) in [7, 11) is 0. The zero-order valence-corrected chi connectivity index (χ0v) is 9.86. The van der Waals surface area contributed by atoms with Gasteiger partial charge in [-0.15, -0.1) is 0 Å². The van der Waals surface area contributed by atoms with Crippen molar-refractivity contribution in [1.82, 2.24) is 0 Å². The highest BCUT2D eigenvalue weighted by atomic mass is 32.2. The molecule has 0 amide bonds. The lowest BCUT2D eigenvalue weighted by Crippen LogP contribution is -2.11. The molecule has 0 bridgehead atoms. The summed E-state index contributed by atoms with van der Waals surface area (Å²) in [4.78, 5) is 0. The molecule has 1 unspecified atom stereocenters. The highest BCUT2D eigenvalue weighted by molar-refractivity contribution is 7.99. The van der Waals surface area contributed by atoms with Gasteiger partial charge in [-0.2, -0.15) is 11.8 Å². The van der Waals surface area contributed by atoms with Gasteiger partial charge < -0.3 is 5.11 Å². The van der Waals surface area contributed by atoms with Crippen LogP contribution in [0.1, 0.15) is 33.6 Å². The van der Waals surface area contributed by atoms with Crippen LogP contribution in [0.15, 0.2) is 12.2 Å². The van der Waals surface area contributed by atoms with E-state index in [-0.39, 0.29) is 6.10 Å². The average Bonchev–Trinajstić information content (AvgIpc) is 2.03. The van der Waals surface area contributed by atoms with Crippen molar-refractivity contribution in [1.29, 1.82) is 0 Å². The molecule has 1 nitrogen and oxygen atoms in total. The van der Waals surface area contributed by atoms with Crippen molar-refractivity contribution >= 4 is 11.8 Å². The summed E-state index contributed by atoms with van der Waals surface area (Å²) in [5.74, 6) is 2.69. The summed E-state index contributed by atoms with van der Waals surface area (Å²) < 4.78 is 0. The molecule has 0 saturated carbocycles. The molecule has 2 heteroatoms. The Labute approximate surface area is 86.6 Å². The van der Waals surface area contributed by atoms with E-state index >= 15 is 0 Å². The number of hydrogen-bond acceptors (Lipinski definition) is 2. The van der Waals surface area contributed by atoms with Crippen LogP contribution >= 0.6 is 11.8 Å². The number of aliphatic hydroxyl groups is 1. The molecule has 0 fully saturated rings. The third-order valence-electron chi connectivity index (χ3n) is 1.79. The van der Waals surface area contributed by atoms with Gasteiger partial charge in [-0.25, -0.2) is 0 Å². The Balaban J connectivity index is 3.40. The monoisotopic (exact) mass is 202 g/mol. The quantitative estimate of drug-likeness (QED) is 0.640. The van der Waals surface area contributed by atoms with Gasteiger partial charge >= 0.3 is 0 Å². The predicted octanol–water partition coefficient (Wildman–Crippen LogP) is 3.09. The fraction of sp³-hybridized carbons (Fsp3) is 0.818. The Morgan fingerprint density at radius 3 is 2.46 bits per heavy atom. The third-order valence-corrected chi connectivity index (χ3v) is 3.31. The zero-order valence-electron chi connectivity index (χ0n) is 9.05. The SMILES string of the molecule is C=C(CC)CC(O)CSCC(C)C. The van der Waals surface area contributed by atoms with Crippen molar-refractivity contribution in [3.63, 3.8) is 0 Å². The minimum Gasteiger partial charge on any atom is -0.392 e. The minimum absolute atomic E-state index is 0.198. The molecule has 0 aromatic heterocycles. The van der Waals surface area contributed by atoms with Gasteiger partial charge in [0.25, 0.3) is 0 Å². The van der Waals surface area contributed by atoms with Crippen molar-refractivity contribution in [2.75, 3.05) is 11.5 Å². The molecule has 1 atom stereocenters. The summed E-state index contributed by atoms with van der Waals surface area (Å²) in [6, 6.07) is 0. The molecular weight excluding hydrogens is 180 g/mol. The summed E-state index contributed by atoms with van der Waals surface area (Å²) in [6.07, 6.45) is 1.55. The largest absolute Gasteiger partial charge is 0.392 e. The maximum absolute atomic E-state index is 9.58. The van der Waals surface area contributed by atoms with Crippen LogP contribution in [0.3, 0.4) is 0 Å². The Hall–Kier alpha value is 0.0500. The van der Waals surface area contributed by atoms with Crippen LogP contribution in [0.25, 0.3) is 0 Å². The summed E-state index contributed by atoms with van der Waals surface area (Å²) >= 11 is 1.83. The van der Waals surface area contributed by atoms with E-state index in [4.69, 9.17) is 0 Å². The molecule has 0 spiro atoms. The lowest BCUT2D eigenvalue weighted by Gasteiger charge is -2.11. The van der Waals surface area contributed by atoms with Gasteiger partial charge in [0.2, 0.25) is 0 Å². The van der Waals surface area contributed by atoms with Gasteiger partial charge in [-0.05, 0) is 24.5 Å². The first kappa shape index (κ1) is 13.1. The van der Waals surface area contributed by atoms with Crippen LogP contribution in [0.4, 0.5) is 0 Å². The van der Waals surface area contributed by atoms with E-state index < -0.39 is 0 Å².